The number of amides is 1. The van der Waals surface area contributed by atoms with E-state index in [0.717, 1.165) is 16.5 Å². The van der Waals surface area contributed by atoms with Gasteiger partial charge in [0.25, 0.3) is 5.91 Å². The molecule has 2 aromatic rings. The summed E-state index contributed by atoms with van der Waals surface area (Å²) >= 11 is 5.34. The molecule has 0 atom stereocenters. The van der Waals surface area contributed by atoms with Crippen LogP contribution in [0.15, 0.2) is 64.4 Å². The van der Waals surface area contributed by atoms with Gasteiger partial charge >= 0.3 is 0 Å². The van der Waals surface area contributed by atoms with Crippen LogP contribution in [0.2, 0.25) is 0 Å². The lowest BCUT2D eigenvalue weighted by Crippen LogP contribution is -2.13. The van der Waals surface area contributed by atoms with Gasteiger partial charge in [0, 0.05) is 22.2 Å². The fraction of sp³-hybridized carbons (Fsp3) is 0.0625. The first-order chi connectivity index (χ1) is 10.4. The van der Waals surface area contributed by atoms with Crippen LogP contribution < -0.4 is 5.32 Å². The summed E-state index contributed by atoms with van der Waals surface area (Å²) in [6.45, 7) is 1.79. The Morgan fingerprint density at radius 3 is 2.45 bits per heavy atom. The molecule has 0 spiro atoms. The van der Waals surface area contributed by atoms with E-state index < -0.39 is 9.84 Å². The summed E-state index contributed by atoms with van der Waals surface area (Å²) in [5, 5.41) is 3.63. The van der Waals surface area contributed by atoms with Crippen LogP contribution in [0, 0.1) is 6.92 Å². The fourth-order valence-electron chi connectivity index (χ4n) is 1.84. The van der Waals surface area contributed by atoms with Crippen molar-refractivity contribution in [2.75, 3.05) is 5.32 Å². The minimum Gasteiger partial charge on any atom is -0.322 e. The molecule has 22 heavy (non-hydrogen) atoms. The molecular weight excluding hydrogens is 322 g/mol. The summed E-state index contributed by atoms with van der Waals surface area (Å²) in [4.78, 5) is 12.2. The molecule has 1 N–H and O–H groups in total. The van der Waals surface area contributed by atoms with Gasteiger partial charge in [-0.15, -0.1) is 0 Å². The number of anilines is 1. The fourth-order valence-corrected chi connectivity index (χ4v) is 3.08. The zero-order valence-electron chi connectivity index (χ0n) is 11.8. The van der Waals surface area contributed by atoms with Crippen molar-refractivity contribution in [2.24, 2.45) is 0 Å². The summed E-state index contributed by atoms with van der Waals surface area (Å²) < 4.78 is 23.9. The van der Waals surface area contributed by atoms with Crippen LogP contribution in [-0.2, 0) is 9.84 Å². The van der Waals surface area contributed by atoms with Gasteiger partial charge in [-0.3, -0.25) is 4.79 Å². The molecule has 1 amide bonds. The number of sulfone groups is 1. The highest BCUT2D eigenvalue weighted by molar-refractivity contribution is 7.94. The van der Waals surface area contributed by atoms with E-state index in [1.54, 1.807) is 37.3 Å². The standard InChI is InChI=1S/C16H14ClNO3S/c1-12-7-8-14(22(20,21)10-9-17)11-15(12)18-16(19)13-5-3-2-4-6-13/h2-11H,1H3,(H,18,19). The average molecular weight is 336 g/mol. The average Bonchev–Trinajstić information content (AvgIpc) is 2.50. The third-order valence-electron chi connectivity index (χ3n) is 3.05. The molecule has 0 aliphatic rings. The third-order valence-corrected chi connectivity index (χ3v) is 4.73. The lowest BCUT2D eigenvalue weighted by atomic mass is 10.1. The Balaban J connectivity index is 2.34. The van der Waals surface area contributed by atoms with Crippen molar-refractivity contribution in [3.8, 4) is 0 Å². The molecule has 0 heterocycles. The van der Waals surface area contributed by atoms with Crippen LogP contribution in [0.25, 0.3) is 0 Å². The van der Waals surface area contributed by atoms with E-state index in [9.17, 15) is 13.2 Å². The predicted octanol–water partition coefficient (Wildman–Crippen LogP) is 3.73. The normalized spacial score (nSPS) is 11.5. The molecule has 0 aliphatic carbocycles. The van der Waals surface area contributed by atoms with Gasteiger partial charge in [0.15, 0.2) is 0 Å². The SMILES string of the molecule is Cc1ccc(S(=O)(=O)C=CCl)cc1NC(=O)c1ccccc1. The first-order valence-electron chi connectivity index (χ1n) is 6.43. The number of halogens is 1. The second-order valence-electron chi connectivity index (χ2n) is 4.60. The number of rotatable bonds is 4. The number of aryl methyl sites for hydroxylation is 1. The number of benzene rings is 2. The molecule has 6 heteroatoms. The van der Waals surface area contributed by atoms with Crippen molar-refractivity contribution in [3.63, 3.8) is 0 Å². The van der Waals surface area contributed by atoms with Gasteiger partial charge in [-0.25, -0.2) is 8.42 Å². The van der Waals surface area contributed by atoms with Gasteiger partial charge in [0.2, 0.25) is 9.84 Å². The summed E-state index contributed by atoms with van der Waals surface area (Å²) in [5.74, 6) is -0.300. The number of hydrogen-bond donors (Lipinski definition) is 1. The molecule has 0 aliphatic heterocycles. The molecule has 0 fully saturated rings. The van der Waals surface area contributed by atoms with E-state index in [1.807, 2.05) is 6.07 Å². The summed E-state index contributed by atoms with van der Waals surface area (Å²) in [7, 11) is -3.61. The Morgan fingerprint density at radius 2 is 1.82 bits per heavy atom. The van der Waals surface area contributed by atoms with Gasteiger partial charge in [0.1, 0.15) is 0 Å². The van der Waals surface area contributed by atoms with Crippen molar-refractivity contribution in [2.45, 2.75) is 11.8 Å². The Hall–Kier alpha value is -2.11. The van der Waals surface area contributed by atoms with Crippen LogP contribution in [0.4, 0.5) is 5.69 Å². The molecule has 0 saturated heterocycles. The minimum atomic E-state index is -3.61. The van der Waals surface area contributed by atoms with Gasteiger partial charge in [-0.1, -0.05) is 35.9 Å². The minimum absolute atomic E-state index is 0.0679. The van der Waals surface area contributed by atoms with Crippen molar-refractivity contribution < 1.29 is 13.2 Å². The third kappa shape index (κ3) is 3.75. The Kier molecular flexibility index (Phi) is 5.00. The number of hydrogen-bond acceptors (Lipinski definition) is 3. The summed E-state index contributed by atoms with van der Waals surface area (Å²) in [6.07, 6.45) is 0. The molecule has 0 bridgehead atoms. The molecular formula is C16H14ClNO3S. The second-order valence-corrected chi connectivity index (χ2v) is 6.69. The maximum Gasteiger partial charge on any atom is 0.255 e. The van der Waals surface area contributed by atoms with E-state index in [-0.39, 0.29) is 10.8 Å². The van der Waals surface area contributed by atoms with Gasteiger partial charge < -0.3 is 5.32 Å². The number of nitrogens with one attached hydrogen (secondary N) is 1. The Bertz CT molecular complexity index is 815. The lowest BCUT2D eigenvalue weighted by molar-refractivity contribution is 0.102. The van der Waals surface area contributed by atoms with E-state index >= 15 is 0 Å². The maximum absolute atomic E-state index is 12.2. The molecule has 2 aromatic carbocycles. The van der Waals surface area contributed by atoms with E-state index in [2.05, 4.69) is 5.32 Å². The highest BCUT2D eigenvalue weighted by atomic mass is 35.5. The van der Waals surface area contributed by atoms with Crippen molar-refractivity contribution in [1.29, 1.82) is 0 Å². The number of carbonyl (C=O) groups is 1. The maximum atomic E-state index is 12.2. The van der Waals surface area contributed by atoms with E-state index in [1.165, 1.54) is 12.1 Å². The summed E-state index contributed by atoms with van der Waals surface area (Å²) in [5.41, 5.74) is 2.64. The van der Waals surface area contributed by atoms with Crippen LogP contribution in [-0.4, -0.2) is 14.3 Å². The smallest absolute Gasteiger partial charge is 0.255 e. The second kappa shape index (κ2) is 6.77. The zero-order valence-corrected chi connectivity index (χ0v) is 13.4. The highest BCUT2D eigenvalue weighted by Gasteiger charge is 2.14. The number of carbonyl (C=O) groups excluding carboxylic acids is 1. The molecule has 2 rings (SSSR count). The van der Waals surface area contributed by atoms with Crippen molar-refractivity contribution in [1.82, 2.24) is 0 Å². The van der Waals surface area contributed by atoms with Gasteiger partial charge in [0.05, 0.1) is 4.90 Å². The van der Waals surface area contributed by atoms with Crippen molar-refractivity contribution in [3.05, 3.63) is 70.6 Å². The van der Waals surface area contributed by atoms with Gasteiger partial charge in [-0.05, 0) is 36.8 Å². The first kappa shape index (κ1) is 16.3. The largest absolute Gasteiger partial charge is 0.322 e. The predicted molar refractivity (Wildman–Crippen MR) is 87.8 cm³/mol. The Morgan fingerprint density at radius 1 is 1.14 bits per heavy atom. The van der Waals surface area contributed by atoms with E-state index in [0.29, 0.717) is 11.3 Å². The van der Waals surface area contributed by atoms with Crippen LogP contribution in [0.1, 0.15) is 15.9 Å². The van der Waals surface area contributed by atoms with E-state index in [4.69, 9.17) is 11.6 Å². The monoisotopic (exact) mass is 335 g/mol. The molecule has 4 nitrogen and oxygen atoms in total. The van der Waals surface area contributed by atoms with Crippen LogP contribution in [0.5, 0.6) is 0 Å². The molecule has 0 radical (unpaired) electrons. The van der Waals surface area contributed by atoms with Crippen molar-refractivity contribution >= 4 is 33.0 Å². The first-order valence-corrected chi connectivity index (χ1v) is 8.41. The molecule has 0 saturated carbocycles. The van der Waals surface area contributed by atoms with Crippen LogP contribution in [0.3, 0.4) is 0 Å². The highest BCUT2D eigenvalue weighted by Crippen LogP contribution is 2.22. The molecule has 0 unspecified atom stereocenters. The molecule has 0 aromatic heterocycles. The quantitative estimate of drug-likeness (QED) is 0.926. The molecule has 114 valence electrons. The Labute approximate surface area is 134 Å². The zero-order chi connectivity index (χ0) is 16.2. The van der Waals surface area contributed by atoms with Crippen LogP contribution >= 0.6 is 11.6 Å². The summed E-state index contributed by atoms with van der Waals surface area (Å²) in [6, 6.07) is 13.2. The lowest BCUT2D eigenvalue weighted by Gasteiger charge is -2.10. The topological polar surface area (TPSA) is 63.2 Å². The van der Waals surface area contributed by atoms with Gasteiger partial charge in [-0.2, -0.15) is 0 Å².